The van der Waals surface area contributed by atoms with Gasteiger partial charge in [-0.1, -0.05) is 12.1 Å². The maximum atomic E-state index is 5.30. The molecule has 2 rings (SSSR count). The average molecular weight is 422 g/mol. The van der Waals surface area contributed by atoms with E-state index in [0.717, 1.165) is 28.3 Å². The summed E-state index contributed by atoms with van der Waals surface area (Å²) in [6.45, 7) is 12.9. The Labute approximate surface area is 188 Å². The van der Waals surface area contributed by atoms with Crippen LogP contribution >= 0.6 is 0 Å². The summed E-state index contributed by atoms with van der Waals surface area (Å²) in [6.07, 6.45) is 7.49. The van der Waals surface area contributed by atoms with E-state index in [1.165, 1.54) is 0 Å². The molecule has 0 radical (unpaired) electrons. The Bertz CT molecular complexity index is 867. The van der Waals surface area contributed by atoms with Crippen molar-refractivity contribution in [1.29, 1.82) is 0 Å². The van der Waals surface area contributed by atoms with Crippen LogP contribution in [-0.4, -0.2) is 25.3 Å². The fourth-order valence-electron chi connectivity index (χ4n) is 3.09. The van der Waals surface area contributed by atoms with E-state index < -0.39 is 0 Å². The molecule has 2 aromatic rings. The molecule has 0 aromatic heterocycles. The van der Waals surface area contributed by atoms with Gasteiger partial charge in [0, 0.05) is 11.1 Å². The molecule has 0 bridgehead atoms. The summed E-state index contributed by atoms with van der Waals surface area (Å²) in [4.78, 5) is 0. The highest BCUT2D eigenvalue weighted by atomic mass is 16.5. The number of hydrogen-bond acceptors (Lipinski definition) is 4. The van der Waals surface area contributed by atoms with Gasteiger partial charge in [0.1, 0.15) is 11.5 Å². The van der Waals surface area contributed by atoms with E-state index in [0.29, 0.717) is 0 Å². The minimum atomic E-state index is -0.0769. The molecule has 2 N–H and O–H groups in total. The lowest BCUT2D eigenvalue weighted by molar-refractivity contribution is 0.395. The van der Waals surface area contributed by atoms with Crippen molar-refractivity contribution in [3.8, 4) is 11.5 Å². The standard InChI is InChI=1S/C27H37N2O2/c1-26(2,3)28-24(20-12-16-22(30-7)17-13-20)10-9-11-25(29-27(4,5)6)21-14-18-23(31-8)19-15-21/h10-19,24,28-29H,1-8H3/q+1/b25-11-. The molecular weight excluding hydrogens is 384 g/mol. The van der Waals surface area contributed by atoms with Crippen molar-refractivity contribution in [2.45, 2.75) is 58.7 Å². The van der Waals surface area contributed by atoms with Gasteiger partial charge in [-0.3, -0.25) is 5.32 Å². The molecule has 1 atom stereocenters. The Morgan fingerprint density at radius 3 is 1.77 bits per heavy atom. The number of ether oxygens (including phenoxy) is 2. The second kappa shape index (κ2) is 10.5. The third-order valence-corrected chi connectivity index (χ3v) is 4.46. The third kappa shape index (κ3) is 8.45. The van der Waals surface area contributed by atoms with E-state index in [-0.39, 0.29) is 17.1 Å². The molecule has 1 unspecified atom stereocenters. The topological polar surface area (TPSA) is 42.5 Å². The molecular formula is C27H37N2O2+. The zero-order chi connectivity index (χ0) is 23.1. The SMILES string of the molecule is COc1ccc(/C(=C/[C+]=CC(NC(C)(C)C)c2ccc(OC)cc2)NC(C)(C)C)cc1. The van der Waals surface area contributed by atoms with Gasteiger partial charge in [-0.25, -0.2) is 0 Å². The van der Waals surface area contributed by atoms with Crippen molar-refractivity contribution in [3.05, 3.63) is 77.9 Å². The fourth-order valence-corrected chi connectivity index (χ4v) is 3.09. The molecule has 31 heavy (non-hydrogen) atoms. The van der Waals surface area contributed by atoms with Gasteiger partial charge in [-0.2, -0.15) is 0 Å². The number of rotatable bonds is 8. The second-order valence-electron chi connectivity index (χ2n) is 9.64. The van der Waals surface area contributed by atoms with Gasteiger partial charge < -0.3 is 14.8 Å². The molecule has 0 aliphatic heterocycles. The van der Waals surface area contributed by atoms with Crippen molar-refractivity contribution >= 4 is 5.70 Å². The Morgan fingerprint density at radius 2 is 1.32 bits per heavy atom. The van der Waals surface area contributed by atoms with Gasteiger partial charge in [-0.05, 0) is 83.5 Å². The van der Waals surface area contributed by atoms with Crippen molar-refractivity contribution in [2.75, 3.05) is 14.2 Å². The Morgan fingerprint density at radius 1 is 0.806 bits per heavy atom. The van der Waals surface area contributed by atoms with E-state index in [4.69, 9.17) is 9.47 Å². The summed E-state index contributed by atoms with van der Waals surface area (Å²) in [5, 5.41) is 7.25. The van der Waals surface area contributed by atoms with Crippen LogP contribution in [0.2, 0.25) is 0 Å². The molecule has 0 amide bonds. The third-order valence-electron chi connectivity index (χ3n) is 4.46. The monoisotopic (exact) mass is 421 g/mol. The van der Waals surface area contributed by atoms with Crippen molar-refractivity contribution in [1.82, 2.24) is 10.6 Å². The maximum Gasteiger partial charge on any atom is 0.185 e. The minimum absolute atomic E-state index is 0.0221. The highest BCUT2D eigenvalue weighted by molar-refractivity contribution is 5.66. The van der Waals surface area contributed by atoms with Gasteiger partial charge >= 0.3 is 0 Å². The minimum Gasteiger partial charge on any atom is -0.497 e. The summed E-state index contributed by atoms with van der Waals surface area (Å²) < 4.78 is 10.6. The molecule has 0 heterocycles. The first kappa shape index (κ1) is 24.5. The number of benzene rings is 2. The summed E-state index contributed by atoms with van der Waals surface area (Å²) in [7, 11) is 3.36. The number of methoxy groups -OCH3 is 2. The average Bonchev–Trinajstić information content (AvgIpc) is 2.70. The molecule has 0 saturated carbocycles. The molecule has 0 saturated heterocycles. The number of allylic oxidation sites excluding steroid dienone is 2. The molecule has 0 aliphatic rings. The summed E-state index contributed by atoms with van der Waals surface area (Å²) in [6, 6.07) is 16.2. The summed E-state index contributed by atoms with van der Waals surface area (Å²) in [5.41, 5.74) is 3.13. The number of hydrogen-bond donors (Lipinski definition) is 2. The van der Waals surface area contributed by atoms with Crippen LogP contribution in [0.3, 0.4) is 0 Å². The van der Waals surface area contributed by atoms with Gasteiger partial charge in [0.05, 0.1) is 38.0 Å². The lowest BCUT2D eigenvalue weighted by atomic mass is 10.0. The largest absolute Gasteiger partial charge is 0.497 e. The first-order valence-electron chi connectivity index (χ1n) is 10.6. The van der Waals surface area contributed by atoms with Gasteiger partial charge in [-0.15, -0.1) is 0 Å². The van der Waals surface area contributed by atoms with Gasteiger partial charge in [0.25, 0.3) is 0 Å². The van der Waals surface area contributed by atoms with E-state index >= 15 is 0 Å². The Kier molecular flexibility index (Phi) is 8.27. The smallest absolute Gasteiger partial charge is 0.185 e. The molecule has 2 aromatic carbocycles. The molecule has 4 heteroatoms. The van der Waals surface area contributed by atoms with Crippen LogP contribution < -0.4 is 20.1 Å². The lowest BCUT2D eigenvalue weighted by Crippen LogP contribution is -2.38. The van der Waals surface area contributed by atoms with Crippen molar-refractivity contribution in [2.24, 2.45) is 0 Å². The number of nitrogens with one attached hydrogen (secondary N) is 2. The lowest BCUT2D eigenvalue weighted by Gasteiger charge is -2.26. The van der Waals surface area contributed by atoms with Crippen LogP contribution in [0.1, 0.15) is 58.7 Å². The van der Waals surface area contributed by atoms with Crippen LogP contribution in [-0.2, 0) is 0 Å². The summed E-state index contributed by atoms with van der Waals surface area (Å²) >= 11 is 0. The predicted octanol–water partition coefficient (Wildman–Crippen LogP) is 5.92. The zero-order valence-corrected chi connectivity index (χ0v) is 20.2. The molecule has 166 valence electrons. The maximum absolute atomic E-state index is 5.30. The van der Waals surface area contributed by atoms with E-state index in [1.807, 2.05) is 30.3 Å². The Balaban J connectivity index is 2.35. The first-order valence-corrected chi connectivity index (χ1v) is 10.6. The van der Waals surface area contributed by atoms with Crippen LogP contribution in [0, 0.1) is 6.08 Å². The normalized spacial score (nSPS) is 13.6. The van der Waals surface area contributed by atoms with E-state index in [9.17, 15) is 0 Å². The van der Waals surface area contributed by atoms with Crippen LogP contribution in [0.25, 0.3) is 5.70 Å². The molecule has 0 aliphatic carbocycles. The predicted molar refractivity (Wildman–Crippen MR) is 130 cm³/mol. The summed E-state index contributed by atoms with van der Waals surface area (Å²) in [5.74, 6) is 1.69. The highest BCUT2D eigenvalue weighted by Gasteiger charge is 2.21. The van der Waals surface area contributed by atoms with Crippen LogP contribution in [0.15, 0.2) is 60.7 Å². The quantitative estimate of drug-likeness (QED) is 0.410. The zero-order valence-electron chi connectivity index (χ0n) is 20.2. The molecule has 4 nitrogen and oxygen atoms in total. The molecule has 0 fully saturated rings. The van der Waals surface area contributed by atoms with Crippen molar-refractivity contribution < 1.29 is 9.47 Å². The van der Waals surface area contributed by atoms with E-state index in [2.05, 4.69) is 88.6 Å². The molecule has 0 spiro atoms. The van der Waals surface area contributed by atoms with E-state index in [1.54, 1.807) is 14.2 Å². The van der Waals surface area contributed by atoms with Gasteiger partial charge in [0.2, 0.25) is 0 Å². The van der Waals surface area contributed by atoms with Crippen molar-refractivity contribution in [3.63, 3.8) is 0 Å². The van der Waals surface area contributed by atoms with Crippen LogP contribution in [0.5, 0.6) is 11.5 Å². The Hall–Kier alpha value is -2.81. The van der Waals surface area contributed by atoms with Gasteiger partial charge in [0.15, 0.2) is 11.8 Å². The van der Waals surface area contributed by atoms with Crippen LogP contribution in [0.4, 0.5) is 0 Å². The highest BCUT2D eigenvalue weighted by Crippen LogP contribution is 2.23. The second-order valence-corrected chi connectivity index (χ2v) is 9.64. The fraction of sp³-hybridized carbons (Fsp3) is 0.407. The first-order chi connectivity index (χ1) is 14.5.